The van der Waals surface area contributed by atoms with Crippen LogP contribution in [0.25, 0.3) is 10.6 Å². The minimum absolute atomic E-state index is 0.151. The fourth-order valence-electron chi connectivity index (χ4n) is 2.87. The van der Waals surface area contributed by atoms with Gasteiger partial charge in [0, 0.05) is 6.04 Å². The second-order valence-corrected chi connectivity index (χ2v) is 6.68. The second-order valence-electron chi connectivity index (χ2n) is 5.59. The lowest BCUT2D eigenvalue weighted by Gasteiger charge is -2.17. The summed E-state index contributed by atoms with van der Waals surface area (Å²) in [5.41, 5.74) is 5.38. The zero-order valence-corrected chi connectivity index (χ0v) is 13.1. The molecule has 0 unspecified atom stereocenters. The van der Waals surface area contributed by atoms with Crippen LogP contribution < -0.4 is 11.1 Å². The van der Waals surface area contributed by atoms with Gasteiger partial charge in [0.15, 0.2) is 0 Å². The van der Waals surface area contributed by atoms with Crippen LogP contribution in [0.15, 0.2) is 28.7 Å². The Morgan fingerprint density at radius 2 is 2.09 bits per heavy atom. The van der Waals surface area contributed by atoms with Crippen LogP contribution in [0.5, 0.6) is 0 Å². The average Bonchev–Trinajstić information content (AvgIpc) is 3.16. The average molecular weight is 318 g/mol. The van der Waals surface area contributed by atoms with Crippen LogP contribution in [0.4, 0.5) is 0 Å². The summed E-state index contributed by atoms with van der Waals surface area (Å²) in [6.07, 6.45) is 2.47. The number of carbonyl (C=O) groups is 2. The quantitative estimate of drug-likeness (QED) is 0.909. The number of primary amides is 1. The normalized spacial score (nSPS) is 21.0. The molecule has 116 valence electrons. The molecule has 2 aromatic rings. The first-order valence-corrected chi connectivity index (χ1v) is 8.13. The number of hydrogen-bond acceptors (Lipinski definition) is 4. The van der Waals surface area contributed by atoms with Crippen molar-refractivity contribution in [2.75, 3.05) is 0 Å². The van der Waals surface area contributed by atoms with Crippen LogP contribution in [0.3, 0.4) is 0 Å². The number of carbonyl (C=O) groups excluding carboxylic acids is 2. The van der Waals surface area contributed by atoms with Crippen LogP contribution in [0.1, 0.15) is 34.7 Å². The molecular weight excluding hydrogens is 300 g/mol. The minimum atomic E-state index is -0.333. The largest absolute Gasteiger partial charge is 0.461 e. The molecule has 0 bridgehead atoms. The number of rotatable bonds is 4. The number of thiophene rings is 1. The van der Waals surface area contributed by atoms with E-state index in [1.54, 1.807) is 6.07 Å². The molecular formula is C16H18N2O3S. The van der Waals surface area contributed by atoms with Crippen molar-refractivity contribution in [3.05, 3.63) is 34.9 Å². The van der Waals surface area contributed by atoms with Gasteiger partial charge in [0.05, 0.1) is 15.7 Å². The molecule has 0 saturated heterocycles. The smallest absolute Gasteiger partial charge is 0.261 e. The summed E-state index contributed by atoms with van der Waals surface area (Å²) in [4.78, 5) is 25.2. The van der Waals surface area contributed by atoms with E-state index in [-0.39, 0.29) is 23.8 Å². The van der Waals surface area contributed by atoms with Gasteiger partial charge in [-0.25, -0.2) is 0 Å². The maximum atomic E-state index is 12.3. The van der Waals surface area contributed by atoms with Crippen molar-refractivity contribution in [2.45, 2.75) is 32.2 Å². The van der Waals surface area contributed by atoms with Crippen LogP contribution in [-0.4, -0.2) is 17.9 Å². The lowest BCUT2D eigenvalue weighted by molar-refractivity contribution is -0.122. The highest BCUT2D eigenvalue weighted by Gasteiger charge is 2.32. The van der Waals surface area contributed by atoms with E-state index in [9.17, 15) is 9.59 Å². The van der Waals surface area contributed by atoms with Gasteiger partial charge in [-0.2, -0.15) is 0 Å². The third-order valence-corrected chi connectivity index (χ3v) is 5.11. The molecule has 3 N–H and O–H groups in total. The fourth-order valence-corrected chi connectivity index (χ4v) is 3.74. The van der Waals surface area contributed by atoms with Gasteiger partial charge >= 0.3 is 0 Å². The minimum Gasteiger partial charge on any atom is -0.461 e. The number of nitrogens with two attached hydrogens (primary N) is 1. The van der Waals surface area contributed by atoms with E-state index >= 15 is 0 Å². The molecule has 0 aliphatic heterocycles. The summed E-state index contributed by atoms with van der Waals surface area (Å²) in [6.45, 7) is 1.88. The van der Waals surface area contributed by atoms with Crippen LogP contribution >= 0.6 is 11.3 Å². The third kappa shape index (κ3) is 2.92. The molecule has 0 spiro atoms. The topological polar surface area (TPSA) is 85.3 Å². The molecule has 0 radical (unpaired) electrons. The van der Waals surface area contributed by atoms with E-state index in [0.29, 0.717) is 4.88 Å². The maximum Gasteiger partial charge on any atom is 0.261 e. The first-order valence-electron chi connectivity index (χ1n) is 7.31. The molecule has 1 fully saturated rings. The van der Waals surface area contributed by atoms with E-state index in [4.69, 9.17) is 10.2 Å². The molecule has 2 aromatic heterocycles. The summed E-state index contributed by atoms with van der Waals surface area (Å²) in [7, 11) is 0. The highest BCUT2D eigenvalue weighted by atomic mass is 32.1. The van der Waals surface area contributed by atoms with E-state index in [0.717, 1.165) is 35.7 Å². The molecule has 22 heavy (non-hydrogen) atoms. The predicted molar refractivity (Wildman–Crippen MR) is 84.5 cm³/mol. The van der Waals surface area contributed by atoms with E-state index in [1.807, 2.05) is 25.1 Å². The molecule has 2 amide bonds. The Hall–Kier alpha value is -2.08. The highest BCUT2D eigenvalue weighted by molar-refractivity contribution is 7.17. The molecule has 2 heterocycles. The van der Waals surface area contributed by atoms with Crippen LogP contribution in [-0.2, 0) is 4.79 Å². The first kappa shape index (κ1) is 14.8. The summed E-state index contributed by atoms with van der Waals surface area (Å²) < 4.78 is 5.56. The van der Waals surface area contributed by atoms with Gasteiger partial charge in [-0.3, -0.25) is 9.59 Å². The standard InChI is InChI=1S/C16H18N2O3S/c1-9-5-6-12(21-9)13-7-8-14(22-13)16(20)18-11-4-2-3-10(11)15(17)19/h5-8,10-11H,2-4H2,1H3,(H2,17,19)(H,18,20)/t10-,11+/m1/s1. The molecule has 3 rings (SSSR count). The first-order chi connectivity index (χ1) is 10.5. The summed E-state index contributed by atoms with van der Waals surface area (Å²) in [6, 6.07) is 7.29. The Labute approximate surface area is 132 Å². The van der Waals surface area contributed by atoms with E-state index in [2.05, 4.69) is 5.32 Å². The van der Waals surface area contributed by atoms with Crippen molar-refractivity contribution in [2.24, 2.45) is 11.7 Å². The Balaban J connectivity index is 1.71. The summed E-state index contributed by atoms with van der Waals surface area (Å²) in [5.74, 6) is 0.858. The van der Waals surface area contributed by atoms with Crippen molar-refractivity contribution in [1.82, 2.24) is 5.32 Å². The maximum absolute atomic E-state index is 12.3. The molecule has 0 aromatic carbocycles. The van der Waals surface area contributed by atoms with Crippen molar-refractivity contribution in [3.8, 4) is 10.6 Å². The van der Waals surface area contributed by atoms with Crippen LogP contribution in [0.2, 0.25) is 0 Å². The van der Waals surface area contributed by atoms with E-state index in [1.165, 1.54) is 11.3 Å². The van der Waals surface area contributed by atoms with Crippen molar-refractivity contribution >= 4 is 23.2 Å². The number of amides is 2. The monoisotopic (exact) mass is 318 g/mol. The van der Waals surface area contributed by atoms with Gasteiger partial charge in [0.2, 0.25) is 5.91 Å². The Kier molecular flexibility index (Phi) is 4.02. The Morgan fingerprint density at radius 1 is 1.27 bits per heavy atom. The van der Waals surface area contributed by atoms with Crippen LogP contribution in [0, 0.1) is 12.8 Å². The Morgan fingerprint density at radius 3 is 2.77 bits per heavy atom. The van der Waals surface area contributed by atoms with Gasteiger partial charge in [0.1, 0.15) is 11.5 Å². The van der Waals surface area contributed by atoms with E-state index < -0.39 is 0 Å². The van der Waals surface area contributed by atoms with Gasteiger partial charge in [-0.1, -0.05) is 6.42 Å². The molecule has 5 nitrogen and oxygen atoms in total. The fraction of sp³-hybridized carbons (Fsp3) is 0.375. The summed E-state index contributed by atoms with van der Waals surface area (Å²) in [5, 5.41) is 2.94. The van der Waals surface area contributed by atoms with Gasteiger partial charge in [0.25, 0.3) is 5.91 Å². The van der Waals surface area contributed by atoms with Crippen molar-refractivity contribution in [3.63, 3.8) is 0 Å². The molecule has 2 atom stereocenters. The molecule has 1 aliphatic carbocycles. The van der Waals surface area contributed by atoms with Gasteiger partial charge in [-0.05, 0) is 44.0 Å². The van der Waals surface area contributed by atoms with Crippen molar-refractivity contribution < 1.29 is 14.0 Å². The second kappa shape index (κ2) is 5.96. The lowest BCUT2D eigenvalue weighted by atomic mass is 10.0. The SMILES string of the molecule is Cc1ccc(-c2ccc(C(=O)N[C@H]3CCC[C@H]3C(N)=O)s2)o1. The highest BCUT2D eigenvalue weighted by Crippen LogP contribution is 2.30. The zero-order chi connectivity index (χ0) is 15.7. The summed E-state index contributed by atoms with van der Waals surface area (Å²) >= 11 is 1.38. The predicted octanol–water partition coefficient (Wildman–Crippen LogP) is 2.70. The molecule has 1 saturated carbocycles. The number of hydrogen-bond donors (Lipinski definition) is 2. The van der Waals surface area contributed by atoms with Gasteiger partial charge < -0.3 is 15.5 Å². The Bertz CT molecular complexity index is 704. The third-order valence-electron chi connectivity index (χ3n) is 4.01. The van der Waals surface area contributed by atoms with Gasteiger partial charge in [-0.15, -0.1) is 11.3 Å². The number of nitrogens with one attached hydrogen (secondary N) is 1. The number of aryl methyl sites for hydroxylation is 1. The molecule has 6 heteroatoms. The zero-order valence-electron chi connectivity index (χ0n) is 12.3. The van der Waals surface area contributed by atoms with Crippen molar-refractivity contribution in [1.29, 1.82) is 0 Å². The lowest BCUT2D eigenvalue weighted by Crippen LogP contribution is -2.42. The molecule has 1 aliphatic rings. The number of furan rings is 1.